The number of hydrogen-bond donors (Lipinski definition) is 1. The monoisotopic (exact) mass is 110 g/mol. The van der Waals surface area contributed by atoms with Gasteiger partial charge in [-0.1, -0.05) is 18.2 Å². The number of halogens is 1. The fourth-order valence-electron chi connectivity index (χ4n) is 0.501. The molecule has 0 spiro atoms. The van der Waals surface area contributed by atoms with Gasteiger partial charge in [0.05, 0.1) is 5.69 Å². The van der Waals surface area contributed by atoms with Crippen LogP contribution in [0.15, 0.2) is 30.3 Å². The van der Waals surface area contributed by atoms with Gasteiger partial charge in [0.2, 0.25) is 0 Å². The Morgan fingerprint density at radius 2 is 1.75 bits per heavy atom. The number of anilines is 1. The Kier molecular flexibility index (Phi) is 1.47. The summed E-state index contributed by atoms with van der Waals surface area (Å²) >= 11 is 0. The number of hydrogen-bond acceptors (Lipinski definition) is 1. The van der Waals surface area contributed by atoms with E-state index in [9.17, 15) is 4.48 Å². The van der Waals surface area contributed by atoms with Gasteiger partial charge in [-0.2, -0.15) is 0 Å². The number of benzene rings is 1. The van der Waals surface area contributed by atoms with Gasteiger partial charge in [-0.3, -0.25) is 0 Å². The highest BCUT2D eigenvalue weighted by Crippen LogP contribution is 2.03. The molecule has 0 atom stereocenters. The van der Waals surface area contributed by atoms with E-state index >= 15 is 0 Å². The van der Waals surface area contributed by atoms with Crippen LogP contribution < -0.4 is 5.54 Å². The highest BCUT2D eigenvalue weighted by molar-refractivity contribution is 5.39. The van der Waals surface area contributed by atoms with Crippen molar-refractivity contribution in [2.45, 2.75) is 0 Å². The molecule has 1 nitrogen and oxygen atoms in total. The lowest BCUT2D eigenvalue weighted by Crippen LogP contribution is -1.77. The Hall–Kier alpha value is -1.05. The smallest absolute Gasteiger partial charge is 0.0655 e. The molecule has 1 N–H and O–H groups in total. The largest absolute Gasteiger partial charge is 0.225 e. The first-order valence-electron chi connectivity index (χ1n) is 2.35. The molecule has 2 heteroatoms. The molecule has 0 heterocycles. The van der Waals surface area contributed by atoms with Gasteiger partial charge >= 0.3 is 0 Å². The molecule has 0 aliphatic rings. The van der Waals surface area contributed by atoms with E-state index in [0.29, 0.717) is 5.69 Å². The Labute approximate surface area is 47.1 Å². The van der Waals surface area contributed by atoms with Gasteiger partial charge in [0.15, 0.2) is 0 Å². The molecule has 0 unspecified atom stereocenters. The minimum atomic E-state index is 0.493. The Bertz CT molecular complexity index is 150. The van der Waals surface area contributed by atoms with Crippen LogP contribution in [0.5, 0.6) is 0 Å². The third-order valence-corrected chi connectivity index (χ3v) is 0.883. The number of rotatable bonds is 1. The van der Waals surface area contributed by atoms with E-state index in [2.05, 4.69) is 0 Å². The van der Waals surface area contributed by atoms with Gasteiger partial charge in [-0.05, 0) is 12.1 Å². The van der Waals surface area contributed by atoms with Crippen molar-refractivity contribution in [2.24, 2.45) is 0 Å². The standard InChI is InChI=1S/C6H6FN/c7-8-6-4-2-1-3-5-6/h1-5,8H/i7-1. The summed E-state index contributed by atoms with van der Waals surface area (Å²) in [5.41, 5.74) is 2.02. The summed E-state index contributed by atoms with van der Waals surface area (Å²) in [4.78, 5) is 0. The molecule has 0 amide bonds. The summed E-state index contributed by atoms with van der Waals surface area (Å²) in [7, 11) is 0. The molecular formula is C6H6FN. The lowest BCUT2D eigenvalue weighted by Gasteiger charge is -1.89. The Morgan fingerprint density at radius 3 is 2.12 bits per heavy atom. The van der Waals surface area contributed by atoms with Gasteiger partial charge in [-0.15, -0.1) is 4.48 Å². The van der Waals surface area contributed by atoms with Crippen molar-refractivity contribution in [1.82, 2.24) is 0 Å². The van der Waals surface area contributed by atoms with E-state index in [1.165, 1.54) is 5.54 Å². The molecule has 1 aromatic rings. The molecule has 1 aromatic carbocycles. The summed E-state index contributed by atoms with van der Waals surface area (Å²) in [6, 6.07) is 8.67. The van der Waals surface area contributed by atoms with Crippen LogP contribution in [0.2, 0.25) is 0 Å². The average molecular weight is 110 g/mol. The van der Waals surface area contributed by atoms with E-state index in [1.807, 2.05) is 6.07 Å². The molecule has 0 aromatic heterocycles. The number of nitrogens with one attached hydrogen (secondary N) is 1. The normalized spacial score (nSPS) is 8.62. The molecular weight excluding hydrogens is 104 g/mol. The van der Waals surface area contributed by atoms with Crippen LogP contribution in [0, 0.1) is 0 Å². The zero-order chi connectivity index (χ0) is 5.82. The molecule has 8 heavy (non-hydrogen) atoms. The second kappa shape index (κ2) is 2.31. The fourth-order valence-corrected chi connectivity index (χ4v) is 0.501. The topological polar surface area (TPSA) is 12.0 Å². The predicted octanol–water partition coefficient (Wildman–Crippen LogP) is 1.98. The van der Waals surface area contributed by atoms with Crippen LogP contribution in [-0.4, -0.2) is 0 Å². The summed E-state index contributed by atoms with van der Waals surface area (Å²) in [6.45, 7) is 0. The van der Waals surface area contributed by atoms with Crippen molar-refractivity contribution >= 4 is 5.69 Å². The molecule has 0 aliphatic carbocycles. The third kappa shape index (κ3) is 0.964. The first kappa shape index (κ1) is 5.09. The van der Waals surface area contributed by atoms with Crippen LogP contribution in [-0.2, 0) is 0 Å². The van der Waals surface area contributed by atoms with E-state index < -0.39 is 0 Å². The maximum Gasteiger partial charge on any atom is 0.0655 e. The van der Waals surface area contributed by atoms with E-state index in [-0.39, 0.29) is 0 Å². The fraction of sp³-hybridized carbons (Fsp3) is 0. The Morgan fingerprint density at radius 1 is 1.12 bits per heavy atom. The zero-order valence-corrected chi connectivity index (χ0v) is 4.26. The Balaban J connectivity index is 2.83. The van der Waals surface area contributed by atoms with E-state index in [0.717, 1.165) is 0 Å². The van der Waals surface area contributed by atoms with E-state index in [1.54, 1.807) is 24.3 Å². The summed E-state index contributed by atoms with van der Waals surface area (Å²) < 4.78 is 11.5. The van der Waals surface area contributed by atoms with Crippen molar-refractivity contribution in [2.75, 3.05) is 5.54 Å². The molecule has 42 valence electrons. The van der Waals surface area contributed by atoms with Gasteiger partial charge in [0.1, 0.15) is 0 Å². The van der Waals surface area contributed by atoms with Crippen molar-refractivity contribution in [3.05, 3.63) is 30.3 Å². The molecule has 1 rings (SSSR count). The van der Waals surface area contributed by atoms with Crippen molar-refractivity contribution < 1.29 is 4.48 Å². The predicted molar refractivity (Wildman–Crippen MR) is 31.2 cm³/mol. The molecule has 0 aliphatic heterocycles. The lowest BCUT2D eigenvalue weighted by atomic mass is 10.3. The van der Waals surface area contributed by atoms with Gasteiger partial charge in [0, 0.05) is 0 Å². The van der Waals surface area contributed by atoms with Crippen molar-refractivity contribution in [3.8, 4) is 0 Å². The second-order valence-corrected chi connectivity index (χ2v) is 1.46. The van der Waals surface area contributed by atoms with Gasteiger partial charge in [0.25, 0.3) is 0 Å². The molecule has 0 bridgehead atoms. The summed E-state index contributed by atoms with van der Waals surface area (Å²) in [6.07, 6.45) is 0. The van der Waals surface area contributed by atoms with Crippen LogP contribution in [0.1, 0.15) is 0 Å². The summed E-state index contributed by atoms with van der Waals surface area (Å²) in [5.74, 6) is 0. The quantitative estimate of drug-likeness (QED) is 0.545. The molecule has 0 saturated carbocycles. The third-order valence-electron chi connectivity index (χ3n) is 0.883. The molecule has 0 radical (unpaired) electrons. The van der Waals surface area contributed by atoms with E-state index in [4.69, 9.17) is 0 Å². The SMILES string of the molecule is [18F]Nc1ccccc1. The molecule has 0 saturated heterocycles. The van der Waals surface area contributed by atoms with Gasteiger partial charge in [-0.25, -0.2) is 5.54 Å². The van der Waals surface area contributed by atoms with Crippen LogP contribution in [0.3, 0.4) is 0 Å². The maximum atomic E-state index is 11.5. The van der Waals surface area contributed by atoms with Crippen molar-refractivity contribution in [3.63, 3.8) is 0 Å². The first-order valence-corrected chi connectivity index (χ1v) is 2.35. The first-order chi connectivity index (χ1) is 3.93. The minimum Gasteiger partial charge on any atom is -0.225 e. The van der Waals surface area contributed by atoms with Crippen LogP contribution in [0.4, 0.5) is 10.2 Å². The van der Waals surface area contributed by atoms with Crippen LogP contribution >= 0.6 is 0 Å². The van der Waals surface area contributed by atoms with Crippen LogP contribution in [0.25, 0.3) is 0 Å². The van der Waals surface area contributed by atoms with Crippen molar-refractivity contribution in [1.29, 1.82) is 0 Å². The maximum absolute atomic E-state index is 11.5. The summed E-state index contributed by atoms with van der Waals surface area (Å²) in [5, 5.41) is 0. The lowest BCUT2D eigenvalue weighted by molar-refractivity contribution is 0.618. The highest BCUT2D eigenvalue weighted by atomic mass is 18.2. The highest BCUT2D eigenvalue weighted by Gasteiger charge is 1.80. The average Bonchev–Trinajstić information content (AvgIpc) is 1.90. The van der Waals surface area contributed by atoms with Gasteiger partial charge < -0.3 is 0 Å². The number of para-hydroxylation sites is 1. The minimum absolute atomic E-state index is 0.493. The zero-order valence-electron chi connectivity index (χ0n) is 4.26. The molecule has 0 fully saturated rings. The second-order valence-electron chi connectivity index (χ2n) is 1.46.